The molecule has 2 aromatic carbocycles. The Bertz CT molecular complexity index is 889. The van der Waals surface area contributed by atoms with E-state index >= 15 is 0 Å². The fraction of sp³-hybridized carbons (Fsp3) is 0.263. The van der Waals surface area contributed by atoms with Crippen LogP contribution in [0, 0.1) is 0 Å². The van der Waals surface area contributed by atoms with Crippen molar-refractivity contribution in [3.05, 3.63) is 53.0 Å². The van der Waals surface area contributed by atoms with Gasteiger partial charge in [-0.2, -0.15) is 0 Å². The van der Waals surface area contributed by atoms with Crippen molar-refractivity contribution in [3.63, 3.8) is 0 Å². The van der Waals surface area contributed by atoms with Gasteiger partial charge in [-0.05, 0) is 30.3 Å². The first-order valence-corrected chi connectivity index (χ1v) is 9.05. The molecule has 1 unspecified atom stereocenters. The van der Waals surface area contributed by atoms with Crippen molar-refractivity contribution in [2.75, 3.05) is 19.8 Å². The molecule has 0 bridgehead atoms. The largest absolute Gasteiger partial charge is 0.486 e. The summed E-state index contributed by atoms with van der Waals surface area (Å²) in [5.74, 6) is 1.34. The van der Waals surface area contributed by atoms with Crippen LogP contribution in [0.4, 0.5) is 0 Å². The number of hydrogen-bond acceptors (Lipinski definition) is 5. The molecule has 1 amide bonds. The molecule has 1 atom stereocenters. The number of aromatic nitrogens is 1. The number of benzene rings is 2. The van der Waals surface area contributed by atoms with Gasteiger partial charge in [-0.25, -0.2) is 4.98 Å². The van der Waals surface area contributed by atoms with Crippen molar-refractivity contribution >= 4 is 27.5 Å². The zero-order valence-corrected chi connectivity index (χ0v) is 14.6. The Hall–Kier alpha value is -2.60. The highest BCUT2D eigenvalue weighted by Gasteiger charge is 2.17. The van der Waals surface area contributed by atoms with E-state index in [-0.39, 0.29) is 11.8 Å². The third kappa shape index (κ3) is 3.30. The van der Waals surface area contributed by atoms with Crippen LogP contribution in [0.3, 0.4) is 0 Å². The Morgan fingerprint density at radius 2 is 2.00 bits per heavy atom. The summed E-state index contributed by atoms with van der Waals surface area (Å²) in [5.41, 5.74) is 1.58. The Labute approximate surface area is 149 Å². The Morgan fingerprint density at radius 3 is 2.84 bits per heavy atom. The van der Waals surface area contributed by atoms with Gasteiger partial charge in [0.1, 0.15) is 13.2 Å². The number of rotatable bonds is 4. The van der Waals surface area contributed by atoms with Crippen LogP contribution < -0.4 is 14.8 Å². The van der Waals surface area contributed by atoms with E-state index in [1.54, 1.807) is 29.5 Å². The van der Waals surface area contributed by atoms with Crippen LogP contribution in [0.15, 0.2) is 42.5 Å². The van der Waals surface area contributed by atoms with Gasteiger partial charge in [-0.1, -0.05) is 19.1 Å². The summed E-state index contributed by atoms with van der Waals surface area (Å²) >= 11 is 1.67. The Kier molecular flexibility index (Phi) is 4.28. The second kappa shape index (κ2) is 6.72. The first-order chi connectivity index (χ1) is 12.2. The number of nitrogens with one attached hydrogen (secondary N) is 1. The fourth-order valence-electron chi connectivity index (χ4n) is 2.72. The van der Waals surface area contributed by atoms with Crippen molar-refractivity contribution in [3.8, 4) is 11.5 Å². The molecule has 0 saturated heterocycles. The van der Waals surface area contributed by atoms with E-state index in [9.17, 15) is 4.79 Å². The molecular formula is C19H18N2O3S. The minimum atomic E-state index is -0.120. The van der Waals surface area contributed by atoms with Gasteiger partial charge >= 0.3 is 0 Å². The van der Waals surface area contributed by atoms with Crippen molar-refractivity contribution in [1.29, 1.82) is 0 Å². The van der Waals surface area contributed by atoms with Gasteiger partial charge in [-0.3, -0.25) is 4.79 Å². The molecule has 5 nitrogen and oxygen atoms in total. The Balaban J connectivity index is 1.42. The second-order valence-electron chi connectivity index (χ2n) is 5.99. The summed E-state index contributed by atoms with van der Waals surface area (Å²) in [6, 6.07) is 13.3. The van der Waals surface area contributed by atoms with Gasteiger partial charge in [0, 0.05) is 18.0 Å². The zero-order chi connectivity index (χ0) is 17.2. The first-order valence-electron chi connectivity index (χ1n) is 8.24. The topological polar surface area (TPSA) is 60.5 Å². The summed E-state index contributed by atoms with van der Waals surface area (Å²) in [4.78, 5) is 17.1. The van der Waals surface area contributed by atoms with E-state index in [4.69, 9.17) is 9.47 Å². The molecule has 0 aliphatic carbocycles. The third-order valence-electron chi connectivity index (χ3n) is 4.11. The van der Waals surface area contributed by atoms with Crippen molar-refractivity contribution in [2.24, 2.45) is 0 Å². The van der Waals surface area contributed by atoms with Crippen molar-refractivity contribution in [1.82, 2.24) is 10.3 Å². The van der Waals surface area contributed by atoms with Crippen LogP contribution in [0.1, 0.15) is 28.2 Å². The third-order valence-corrected chi connectivity index (χ3v) is 5.37. The Morgan fingerprint density at radius 1 is 1.20 bits per heavy atom. The minimum absolute atomic E-state index is 0.120. The van der Waals surface area contributed by atoms with Crippen LogP contribution >= 0.6 is 11.3 Å². The monoisotopic (exact) mass is 354 g/mol. The normalized spacial score (nSPS) is 14.3. The molecule has 1 aliphatic heterocycles. The fourth-order valence-corrected chi connectivity index (χ4v) is 3.74. The maximum atomic E-state index is 12.4. The number of nitrogens with zero attached hydrogens (tertiary/aromatic N) is 1. The molecule has 3 aromatic rings. The highest BCUT2D eigenvalue weighted by Crippen LogP contribution is 2.31. The molecule has 25 heavy (non-hydrogen) atoms. The molecule has 2 heterocycles. The number of ether oxygens (including phenoxy) is 2. The predicted octanol–water partition coefficient (Wildman–Crippen LogP) is 3.60. The number of fused-ring (bicyclic) bond motifs is 2. The number of carbonyl (C=O) groups is 1. The lowest BCUT2D eigenvalue weighted by Gasteiger charge is -2.18. The molecule has 128 valence electrons. The molecule has 0 spiro atoms. The number of amides is 1. The van der Waals surface area contributed by atoms with Gasteiger partial charge in [0.15, 0.2) is 11.5 Å². The first kappa shape index (κ1) is 15.9. The SMILES string of the molecule is CC(CNC(=O)c1ccc2c(c1)OCCO2)c1nc2ccccc2s1. The maximum absolute atomic E-state index is 12.4. The summed E-state index contributed by atoms with van der Waals surface area (Å²) in [7, 11) is 0. The van der Waals surface area contributed by atoms with Gasteiger partial charge in [0.25, 0.3) is 5.91 Å². The van der Waals surface area contributed by atoms with E-state index in [2.05, 4.69) is 23.3 Å². The summed E-state index contributed by atoms with van der Waals surface area (Å²) in [6.07, 6.45) is 0. The van der Waals surface area contributed by atoms with Crippen molar-refractivity contribution in [2.45, 2.75) is 12.8 Å². The molecule has 1 N–H and O–H groups in total. The molecule has 0 fully saturated rings. The zero-order valence-electron chi connectivity index (χ0n) is 13.8. The van der Waals surface area contributed by atoms with Crippen LogP contribution in [-0.4, -0.2) is 30.6 Å². The van der Waals surface area contributed by atoms with Gasteiger partial charge in [-0.15, -0.1) is 11.3 Å². The molecule has 1 aliphatic rings. The highest BCUT2D eigenvalue weighted by atomic mass is 32.1. The van der Waals surface area contributed by atoms with Crippen LogP contribution in [-0.2, 0) is 0 Å². The van der Waals surface area contributed by atoms with Crippen LogP contribution in [0.25, 0.3) is 10.2 Å². The van der Waals surface area contributed by atoms with E-state index < -0.39 is 0 Å². The van der Waals surface area contributed by atoms with Gasteiger partial charge in [0.2, 0.25) is 0 Å². The predicted molar refractivity (Wildman–Crippen MR) is 97.8 cm³/mol. The smallest absolute Gasteiger partial charge is 0.251 e. The summed E-state index contributed by atoms with van der Waals surface area (Å²) in [5, 5.41) is 4.01. The molecule has 1 aromatic heterocycles. The van der Waals surface area contributed by atoms with Gasteiger partial charge in [0.05, 0.1) is 15.2 Å². The summed E-state index contributed by atoms with van der Waals surface area (Å²) < 4.78 is 12.2. The number of thiazole rings is 1. The lowest BCUT2D eigenvalue weighted by atomic mass is 10.1. The van der Waals surface area contributed by atoms with Crippen LogP contribution in [0.5, 0.6) is 11.5 Å². The number of hydrogen-bond donors (Lipinski definition) is 1. The maximum Gasteiger partial charge on any atom is 0.251 e. The highest BCUT2D eigenvalue weighted by molar-refractivity contribution is 7.18. The van der Waals surface area contributed by atoms with E-state index in [1.807, 2.05) is 18.2 Å². The molecular weight excluding hydrogens is 336 g/mol. The quantitative estimate of drug-likeness (QED) is 0.778. The molecule has 0 saturated carbocycles. The standard InChI is InChI=1S/C19H18N2O3S/c1-12(19-21-14-4-2-3-5-17(14)25-19)11-20-18(22)13-6-7-15-16(10-13)24-9-8-23-15/h2-7,10,12H,8-9,11H2,1H3,(H,20,22). The molecule has 4 rings (SSSR count). The van der Waals surface area contributed by atoms with E-state index in [0.717, 1.165) is 10.5 Å². The minimum Gasteiger partial charge on any atom is -0.486 e. The average molecular weight is 354 g/mol. The lowest BCUT2D eigenvalue weighted by molar-refractivity contribution is 0.0950. The van der Waals surface area contributed by atoms with E-state index in [0.29, 0.717) is 36.8 Å². The molecule has 0 radical (unpaired) electrons. The van der Waals surface area contributed by atoms with Crippen molar-refractivity contribution < 1.29 is 14.3 Å². The lowest BCUT2D eigenvalue weighted by Crippen LogP contribution is -2.27. The second-order valence-corrected chi connectivity index (χ2v) is 7.05. The number of para-hydroxylation sites is 1. The van der Waals surface area contributed by atoms with Gasteiger partial charge < -0.3 is 14.8 Å². The van der Waals surface area contributed by atoms with Crippen LogP contribution in [0.2, 0.25) is 0 Å². The molecule has 6 heteroatoms. The van der Waals surface area contributed by atoms with E-state index in [1.165, 1.54) is 4.70 Å². The summed E-state index contributed by atoms with van der Waals surface area (Å²) in [6.45, 7) is 3.65. The average Bonchev–Trinajstić information content (AvgIpc) is 3.09. The number of carbonyl (C=O) groups excluding carboxylic acids is 1.